The molecule has 2 heteroatoms. The van der Waals surface area contributed by atoms with Crippen LogP contribution in [0, 0.1) is 5.41 Å². The SMILES string of the molecule is CC.CCPC(C)(C)CC(C)(C)CN(C)C. The fourth-order valence-corrected chi connectivity index (χ4v) is 4.21. The van der Waals surface area contributed by atoms with Crippen molar-refractivity contribution in [3.63, 3.8) is 0 Å². The van der Waals surface area contributed by atoms with Crippen LogP contribution in [0.5, 0.6) is 0 Å². The van der Waals surface area contributed by atoms with Gasteiger partial charge in [0.05, 0.1) is 0 Å². The molecular weight excluding hydrogens is 213 g/mol. The lowest BCUT2D eigenvalue weighted by atomic mass is 9.83. The maximum absolute atomic E-state index is 2.41. The van der Waals surface area contributed by atoms with Gasteiger partial charge in [-0.25, -0.2) is 0 Å². The van der Waals surface area contributed by atoms with Gasteiger partial charge >= 0.3 is 0 Å². The highest BCUT2D eigenvalue weighted by Gasteiger charge is 2.28. The van der Waals surface area contributed by atoms with Gasteiger partial charge in [0.1, 0.15) is 0 Å². The molecule has 0 aliphatic rings. The molecule has 0 aliphatic heterocycles. The van der Waals surface area contributed by atoms with Gasteiger partial charge in [0.15, 0.2) is 0 Å². The molecule has 0 saturated heterocycles. The van der Waals surface area contributed by atoms with Gasteiger partial charge in [-0.1, -0.05) is 48.5 Å². The molecule has 0 rings (SSSR count). The Morgan fingerprint density at radius 1 is 1.00 bits per heavy atom. The molecule has 1 atom stereocenters. The Labute approximate surface area is 106 Å². The van der Waals surface area contributed by atoms with E-state index in [4.69, 9.17) is 0 Å². The zero-order chi connectivity index (χ0) is 13.4. The second-order valence-electron chi connectivity index (χ2n) is 5.99. The van der Waals surface area contributed by atoms with E-state index in [9.17, 15) is 0 Å². The third-order valence-electron chi connectivity index (χ3n) is 2.32. The van der Waals surface area contributed by atoms with Crippen molar-refractivity contribution in [3.8, 4) is 0 Å². The molecule has 0 radical (unpaired) electrons. The number of hydrogen-bond acceptors (Lipinski definition) is 1. The Hall–Kier alpha value is 0.390. The minimum atomic E-state index is 0.440. The summed E-state index contributed by atoms with van der Waals surface area (Å²) in [6.45, 7) is 17.1. The van der Waals surface area contributed by atoms with Gasteiger partial charge in [-0.3, -0.25) is 0 Å². The maximum Gasteiger partial charge on any atom is 0.00269 e. The van der Waals surface area contributed by atoms with E-state index in [1.807, 2.05) is 13.8 Å². The summed E-state index contributed by atoms with van der Waals surface area (Å²) in [4.78, 5) is 2.30. The molecule has 0 spiro atoms. The summed E-state index contributed by atoms with van der Waals surface area (Å²) in [6, 6.07) is 0. The number of rotatable bonds is 6. The van der Waals surface area contributed by atoms with E-state index in [1.54, 1.807) is 0 Å². The molecule has 1 nitrogen and oxygen atoms in total. The molecule has 0 aromatic rings. The summed E-state index contributed by atoms with van der Waals surface area (Å²) in [5.41, 5.74) is 0.440. The van der Waals surface area contributed by atoms with Crippen LogP contribution in [0.2, 0.25) is 0 Å². The van der Waals surface area contributed by atoms with Crippen molar-refractivity contribution in [2.24, 2.45) is 5.41 Å². The van der Waals surface area contributed by atoms with Crippen LogP contribution in [0.1, 0.15) is 54.9 Å². The normalized spacial score (nSPS) is 13.1. The Morgan fingerprint density at radius 3 is 1.75 bits per heavy atom. The smallest absolute Gasteiger partial charge is 0.00269 e. The Kier molecular flexibility index (Phi) is 9.93. The summed E-state index contributed by atoms with van der Waals surface area (Å²) >= 11 is 0. The lowest BCUT2D eigenvalue weighted by Crippen LogP contribution is -2.34. The van der Waals surface area contributed by atoms with Gasteiger partial charge in [0.25, 0.3) is 0 Å². The minimum absolute atomic E-state index is 0.440. The van der Waals surface area contributed by atoms with Crippen molar-refractivity contribution in [2.75, 3.05) is 26.8 Å². The third-order valence-corrected chi connectivity index (χ3v) is 3.81. The van der Waals surface area contributed by atoms with Crippen molar-refractivity contribution in [1.82, 2.24) is 4.90 Å². The molecular formula is C14H34NP. The quantitative estimate of drug-likeness (QED) is 0.626. The van der Waals surface area contributed by atoms with Gasteiger partial charge in [-0.05, 0) is 37.2 Å². The number of hydrogen-bond donors (Lipinski definition) is 0. The molecule has 0 aliphatic carbocycles. The summed E-state index contributed by atoms with van der Waals surface area (Å²) in [5.74, 6) is 0. The fourth-order valence-electron chi connectivity index (χ4n) is 2.65. The largest absolute Gasteiger partial charge is 0.309 e. The van der Waals surface area contributed by atoms with Gasteiger partial charge in [0, 0.05) is 6.54 Å². The maximum atomic E-state index is 2.41. The number of nitrogens with zero attached hydrogens (tertiary/aromatic N) is 1. The van der Waals surface area contributed by atoms with Crippen LogP contribution in [0.4, 0.5) is 0 Å². The molecule has 0 bridgehead atoms. The molecule has 1 unspecified atom stereocenters. The summed E-state index contributed by atoms with van der Waals surface area (Å²) in [7, 11) is 5.42. The minimum Gasteiger partial charge on any atom is -0.309 e. The molecule has 16 heavy (non-hydrogen) atoms. The molecule has 0 aromatic heterocycles. The third kappa shape index (κ3) is 10.9. The Morgan fingerprint density at radius 2 is 1.44 bits per heavy atom. The molecule has 0 saturated carbocycles. The van der Waals surface area contributed by atoms with Crippen molar-refractivity contribution < 1.29 is 0 Å². The highest BCUT2D eigenvalue weighted by molar-refractivity contribution is 7.39. The van der Waals surface area contributed by atoms with Crippen molar-refractivity contribution in [2.45, 2.75) is 60.0 Å². The first-order valence-corrected chi connectivity index (χ1v) is 7.79. The second kappa shape index (κ2) is 8.48. The molecule has 0 N–H and O–H groups in total. The van der Waals surface area contributed by atoms with Gasteiger partial charge in [-0.2, -0.15) is 0 Å². The molecule has 100 valence electrons. The van der Waals surface area contributed by atoms with Crippen molar-refractivity contribution in [3.05, 3.63) is 0 Å². The molecule has 0 aromatic carbocycles. The first-order valence-electron chi connectivity index (χ1n) is 6.58. The predicted octanol–water partition coefficient (Wildman–Crippen LogP) is 4.47. The highest BCUT2D eigenvalue weighted by atomic mass is 31.1. The van der Waals surface area contributed by atoms with Crippen LogP contribution in [0.25, 0.3) is 0 Å². The van der Waals surface area contributed by atoms with E-state index in [0.717, 1.165) is 8.58 Å². The van der Waals surface area contributed by atoms with Gasteiger partial charge < -0.3 is 4.90 Å². The second-order valence-corrected chi connectivity index (χ2v) is 8.41. The monoisotopic (exact) mass is 247 g/mol. The van der Waals surface area contributed by atoms with E-state index >= 15 is 0 Å². The topological polar surface area (TPSA) is 3.24 Å². The molecule has 0 fully saturated rings. The van der Waals surface area contributed by atoms with Crippen LogP contribution >= 0.6 is 8.58 Å². The van der Waals surface area contributed by atoms with E-state index in [-0.39, 0.29) is 0 Å². The van der Waals surface area contributed by atoms with Crippen molar-refractivity contribution >= 4 is 8.58 Å². The van der Waals surface area contributed by atoms with Crippen LogP contribution in [-0.2, 0) is 0 Å². The first kappa shape index (κ1) is 18.7. The van der Waals surface area contributed by atoms with Crippen LogP contribution in [0.3, 0.4) is 0 Å². The van der Waals surface area contributed by atoms with Crippen LogP contribution < -0.4 is 0 Å². The van der Waals surface area contributed by atoms with Gasteiger partial charge in [0.2, 0.25) is 0 Å². The fraction of sp³-hybridized carbons (Fsp3) is 1.00. The van der Waals surface area contributed by atoms with Crippen molar-refractivity contribution in [1.29, 1.82) is 0 Å². The summed E-state index contributed by atoms with van der Waals surface area (Å²) < 4.78 is 0. The first-order chi connectivity index (χ1) is 7.18. The van der Waals surface area contributed by atoms with E-state index in [0.29, 0.717) is 10.6 Å². The van der Waals surface area contributed by atoms with E-state index < -0.39 is 0 Å². The summed E-state index contributed by atoms with van der Waals surface area (Å²) in [6.07, 6.45) is 2.65. The zero-order valence-corrected chi connectivity index (χ0v) is 14.1. The van der Waals surface area contributed by atoms with E-state index in [1.165, 1.54) is 19.1 Å². The Balaban J connectivity index is 0. The molecule has 0 amide bonds. The standard InChI is InChI=1S/C12H28NP.C2H6/c1-8-14-12(4,5)9-11(2,3)10-13(6)7;1-2/h14H,8-10H2,1-7H3;1-2H3. The summed E-state index contributed by atoms with van der Waals surface area (Å²) in [5, 5.41) is 0.522. The average Bonchev–Trinajstić information content (AvgIpc) is 2.02. The van der Waals surface area contributed by atoms with Crippen LogP contribution in [0.15, 0.2) is 0 Å². The highest BCUT2D eigenvalue weighted by Crippen LogP contribution is 2.40. The van der Waals surface area contributed by atoms with Crippen LogP contribution in [-0.4, -0.2) is 36.9 Å². The molecule has 0 heterocycles. The van der Waals surface area contributed by atoms with Gasteiger partial charge in [-0.15, -0.1) is 8.58 Å². The zero-order valence-electron chi connectivity index (χ0n) is 13.1. The lowest BCUT2D eigenvalue weighted by Gasteiger charge is -2.36. The lowest BCUT2D eigenvalue weighted by molar-refractivity contribution is 0.211. The average molecular weight is 247 g/mol. The predicted molar refractivity (Wildman–Crippen MR) is 81.2 cm³/mol. The van der Waals surface area contributed by atoms with E-state index in [2.05, 4.69) is 53.6 Å². The Bertz CT molecular complexity index is 162.